The normalized spacial score (nSPS) is 23.3. The van der Waals surface area contributed by atoms with Gasteiger partial charge < -0.3 is 5.32 Å². The Labute approximate surface area is 130 Å². The van der Waals surface area contributed by atoms with Crippen LogP contribution in [0.1, 0.15) is 62.2 Å². The van der Waals surface area contributed by atoms with Gasteiger partial charge in [0.1, 0.15) is 5.54 Å². The first kappa shape index (κ1) is 15.0. The molecular weight excluding hydrogens is 282 g/mol. The van der Waals surface area contributed by atoms with E-state index in [0.717, 1.165) is 36.6 Å². The van der Waals surface area contributed by atoms with Crippen LogP contribution in [-0.4, -0.2) is 34.4 Å². The Bertz CT molecular complexity index is 501. The average Bonchev–Trinajstić information content (AvgIpc) is 3.20. The summed E-state index contributed by atoms with van der Waals surface area (Å²) in [6, 6.07) is 0.00234. The summed E-state index contributed by atoms with van der Waals surface area (Å²) in [5, 5.41) is 6.34. The lowest BCUT2D eigenvalue weighted by Crippen LogP contribution is -2.56. The summed E-state index contributed by atoms with van der Waals surface area (Å²) in [4.78, 5) is 19.9. The summed E-state index contributed by atoms with van der Waals surface area (Å²) in [7, 11) is 0. The van der Waals surface area contributed by atoms with E-state index in [0.29, 0.717) is 0 Å². The number of hydrogen-bond acceptors (Lipinski definition) is 4. The van der Waals surface area contributed by atoms with Crippen LogP contribution in [0.15, 0.2) is 5.38 Å². The largest absolute Gasteiger partial charge is 0.346 e. The smallest absolute Gasteiger partial charge is 0.241 e. The number of likely N-dealkylation sites (tertiary alicyclic amines) is 1. The van der Waals surface area contributed by atoms with Crippen LogP contribution in [-0.2, 0) is 4.79 Å². The highest BCUT2D eigenvalue weighted by atomic mass is 32.1. The minimum absolute atomic E-state index is 0.00234. The van der Waals surface area contributed by atoms with Crippen molar-refractivity contribution in [2.45, 2.75) is 64.0 Å². The molecule has 1 aromatic rings. The van der Waals surface area contributed by atoms with E-state index in [9.17, 15) is 4.79 Å². The van der Waals surface area contributed by atoms with Crippen LogP contribution in [0.2, 0.25) is 0 Å². The van der Waals surface area contributed by atoms with Crippen molar-refractivity contribution in [3.63, 3.8) is 0 Å². The molecule has 1 aliphatic carbocycles. The number of aromatic nitrogens is 1. The minimum atomic E-state index is -0.240. The average molecular weight is 307 g/mol. The topological polar surface area (TPSA) is 45.2 Å². The second-order valence-electron chi connectivity index (χ2n) is 6.42. The molecule has 0 unspecified atom stereocenters. The van der Waals surface area contributed by atoms with Crippen LogP contribution >= 0.6 is 11.3 Å². The van der Waals surface area contributed by atoms with Crippen LogP contribution < -0.4 is 5.32 Å². The second-order valence-corrected chi connectivity index (χ2v) is 7.48. The molecule has 21 heavy (non-hydrogen) atoms. The van der Waals surface area contributed by atoms with Crippen molar-refractivity contribution in [2.24, 2.45) is 0 Å². The molecule has 5 heteroatoms. The third-order valence-corrected chi connectivity index (χ3v) is 5.78. The van der Waals surface area contributed by atoms with Gasteiger partial charge in [-0.2, -0.15) is 0 Å². The number of aryl methyl sites for hydroxylation is 1. The molecule has 2 fully saturated rings. The number of thiazole rings is 1. The molecule has 2 heterocycles. The van der Waals surface area contributed by atoms with Crippen LogP contribution in [0, 0.1) is 6.92 Å². The Balaban J connectivity index is 1.72. The lowest BCUT2D eigenvalue weighted by atomic mass is 9.93. The lowest BCUT2D eigenvalue weighted by Gasteiger charge is -2.38. The number of carbonyl (C=O) groups excluding carboxylic acids is 1. The number of nitrogens with one attached hydrogen (secondary N) is 1. The first-order chi connectivity index (χ1) is 10.1. The van der Waals surface area contributed by atoms with E-state index in [1.807, 2.05) is 13.8 Å². The fraction of sp³-hybridized carbons (Fsp3) is 0.750. The molecule has 0 bridgehead atoms. The third-order valence-electron chi connectivity index (χ3n) is 4.99. The first-order valence-corrected chi connectivity index (χ1v) is 8.98. The number of carbonyl (C=O) groups is 1. The molecule has 1 saturated carbocycles. The van der Waals surface area contributed by atoms with E-state index in [4.69, 9.17) is 0 Å². The van der Waals surface area contributed by atoms with Gasteiger partial charge in [-0.15, -0.1) is 11.3 Å². The van der Waals surface area contributed by atoms with E-state index in [1.54, 1.807) is 11.3 Å². The third kappa shape index (κ3) is 2.86. The zero-order valence-corrected chi connectivity index (χ0v) is 13.8. The van der Waals surface area contributed by atoms with Crippen LogP contribution in [0.25, 0.3) is 0 Å². The van der Waals surface area contributed by atoms with Crippen molar-refractivity contribution < 1.29 is 4.79 Å². The molecule has 1 N–H and O–H groups in total. The van der Waals surface area contributed by atoms with Crippen molar-refractivity contribution >= 4 is 17.2 Å². The van der Waals surface area contributed by atoms with Crippen LogP contribution in [0.5, 0.6) is 0 Å². The summed E-state index contributed by atoms with van der Waals surface area (Å²) in [6.07, 6.45) is 6.84. The lowest BCUT2D eigenvalue weighted by molar-refractivity contribution is -0.133. The highest BCUT2D eigenvalue weighted by Gasteiger charge is 2.47. The molecule has 4 nitrogen and oxygen atoms in total. The molecule has 116 valence electrons. The molecule has 3 rings (SSSR count). The summed E-state index contributed by atoms with van der Waals surface area (Å²) < 4.78 is 0. The predicted molar refractivity (Wildman–Crippen MR) is 85.4 cm³/mol. The summed E-state index contributed by atoms with van der Waals surface area (Å²) in [6.45, 7) is 6.21. The van der Waals surface area contributed by atoms with Gasteiger partial charge in [0.2, 0.25) is 5.91 Å². The molecule has 0 radical (unpaired) electrons. The predicted octanol–water partition coefficient (Wildman–Crippen LogP) is 3.04. The molecule has 0 aromatic carbocycles. The van der Waals surface area contributed by atoms with Gasteiger partial charge in [-0.05, 0) is 52.6 Å². The Kier molecular flexibility index (Phi) is 4.31. The SMILES string of the molecule is Cc1nc([C@H](C)NC(=O)C2(N3CCCC3)CCCC2)cs1. The molecule has 1 aromatic heterocycles. The Hall–Kier alpha value is -0.940. The second kappa shape index (κ2) is 6.05. The maximum atomic E-state index is 13.0. The van der Waals surface area contributed by atoms with E-state index >= 15 is 0 Å². The number of hydrogen-bond donors (Lipinski definition) is 1. The van der Waals surface area contributed by atoms with Gasteiger partial charge in [0.25, 0.3) is 0 Å². The molecule has 1 saturated heterocycles. The van der Waals surface area contributed by atoms with Crippen molar-refractivity contribution in [3.05, 3.63) is 16.1 Å². The molecule has 1 atom stereocenters. The van der Waals surface area contributed by atoms with Crippen LogP contribution in [0.4, 0.5) is 0 Å². The van der Waals surface area contributed by atoms with E-state index in [1.165, 1.54) is 25.7 Å². The Morgan fingerprint density at radius 1 is 1.33 bits per heavy atom. The van der Waals surface area contributed by atoms with Crippen molar-refractivity contribution in [1.29, 1.82) is 0 Å². The van der Waals surface area contributed by atoms with Gasteiger partial charge >= 0.3 is 0 Å². The van der Waals surface area contributed by atoms with E-state index in [-0.39, 0.29) is 17.5 Å². The monoisotopic (exact) mass is 307 g/mol. The van der Waals surface area contributed by atoms with E-state index in [2.05, 4.69) is 20.6 Å². The molecule has 0 spiro atoms. The minimum Gasteiger partial charge on any atom is -0.346 e. The molecule has 1 amide bonds. The van der Waals surface area contributed by atoms with Gasteiger partial charge in [-0.1, -0.05) is 12.8 Å². The maximum Gasteiger partial charge on any atom is 0.241 e. The number of amides is 1. The first-order valence-electron chi connectivity index (χ1n) is 8.10. The zero-order chi connectivity index (χ0) is 14.9. The van der Waals surface area contributed by atoms with Crippen molar-refractivity contribution in [3.8, 4) is 0 Å². The Morgan fingerprint density at radius 3 is 2.57 bits per heavy atom. The van der Waals surface area contributed by atoms with Gasteiger partial charge in [0, 0.05) is 5.38 Å². The van der Waals surface area contributed by atoms with Crippen molar-refractivity contribution in [2.75, 3.05) is 13.1 Å². The van der Waals surface area contributed by atoms with Gasteiger partial charge in [0.05, 0.1) is 16.7 Å². The van der Waals surface area contributed by atoms with Crippen molar-refractivity contribution in [1.82, 2.24) is 15.2 Å². The van der Waals surface area contributed by atoms with Gasteiger partial charge in [-0.25, -0.2) is 4.98 Å². The highest BCUT2D eigenvalue weighted by Crippen LogP contribution is 2.38. The quantitative estimate of drug-likeness (QED) is 0.930. The summed E-state index contributed by atoms with van der Waals surface area (Å²) in [5.41, 5.74) is 0.746. The molecule has 2 aliphatic rings. The molecule has 1 aliphatic heterocycles. The standard InChI is InChI=1S/C16H25N3OS/c1-12(14-11-21-13(2)18-14)17-15(20)16(7-3-4-8-16)19-9-5-6-10-19/h11-12H,3-10H2,1-2H3,(H,17,20)/t12-/m0/s1. The number of nitrogens with zero attached hydrogens (tertiary/aromatic N) is 2. The summed E-state index contributed by atoms with van der Waals surface area (Å²) in [5.74, 6) is 0.222. The highest BCUT2D eigenvalue weighted by molar-refractivity contribution is 7.09. The fourth-order valence-corrected chi connectivity index (χ4v) is 4.48. The van der Waals surface area contributed by atoms with E-state index < -0.39 is 0 Å². The van der Waals surface area contributed by atoms with Gasteiger partial charge in [0.15, 0.2) is 0 Å². The zero-order valence-electron chi connectivity index (χ0n) is 13.0. The maximum absolute atomic E-state index is 13.0. The Morgan fingerprint density at radius 2 is 2.00 bits per heavy atom. The van der Waals surface area contributed by atoms with Crippen LogP contribution in [0.3, 0.4) is 0 Å². The number of rotatable bonds is 4. The fourth-order valence-electron chi connectivity index (χ4n) is 3.78. The molecular formula is C16H25N3OS. The summed E-state index contributed by atoms with van der Waals surface area (Å²) >= 11 is 1.64. The van der Waals surface area contributed by atoms with Gasteiger partial charge in [-0.3, -0.25) is 9.69 Å².